The molecule has 0 saturated carbocycles. The van der Waals surface area contributed by atoms with Gasteiger partial charge in [0.15, 0.2) is 0 Å². The maximum absolute atomic E-state index is 5.94. The first-order valence-corrected chi connectivity index (χ1v) is 8.82. The van der Waals surface area contributed by atoms with Crippen LogP contribution in [0.25, 0.3) is 11.0 Å². The molecule has 3 aromatic rings. The molecule has 0 saturated heterocycles. The van der Waals surface area contributed by atoms with E-state index in [1.807, 2.05) is 18.2 Å². The molecule has 3 rings (SSSR count). The lowest BCUT2D eigenvalue weighted by atomic mass is 10.2. The van der Waals surface area contributed by atoms with Crippen molar-refractivity contribution >= 4 is 34.4 Å². The van der Waals surface area contributed by atoms with E-state index >= 15 is 0 Å². The van der Waals surface area contributed by atoms with Crippen molar-refractivity contribution in [3.05, 3.63) is 59.4 Å². The van der Waals surface area contributed by atoms with Crippen LogP contribution in [0.5, 0.6) is 0 Å². The number of rotatable bonds is 5. The second kappa shape index (κ2) is 6.76. The first-order chi connectivity index (χ1) is 10.6. The molecule has 0 N–H and O–H groups in total. The van der Waals surface area contributed by atoms with Crippen LogP contribution in [-0.4, -0.2) is 9.55 Å². The van der Waals surface area contributed by atoms with Crippen LogP contribution in [0.2, 0.25) is 5.02 Å². The minimum Gasteiger partial charge on any atom is -0.327 e. The van der Waals surface area contributed by atoms with Gasteiger partial charge in [-0.3, -0.25) is 0 Å². The van der Waals surface area contributed by atoms with Crippen LogP contribution in [0.15, 0.2) is 53.4 Å². The Bertz CT molecular complexity index is 762. The second-order valence-electron chi connectivity index (χ2n) is 5.76. The number of nitrogens with zero attached hydrogens (tertiary/aromatic N) is 2. The number of thioether (sulfide) groups is 1. The molecule has 0 amide bonds. The molecule has 0 aliphatic carbocycles. The van der Waals surface area contributed by atoms with Gasteiger partial charge in [-0.05, 0) is 42.3 Å². The van der Waals surface area contributed by atoms with Gasteiger partial charge < -0.3 is 4.57 Å². The molecule has 114 valence electrons. The molecule has 0 unspecified atom stereocenters. The number of aromatic nitrogens is 2. The largest absolute Gasteiger partial charge is 0.327 e. The SMILES string of the molecule is CC(C)Cn1c(CSc2ccc(Cl)cc2)nc2ccccc21. The minimum atomic E-state index is 0.594. The highest BCUT2D eigenvalue weighted by Gasteiger charge is 2.11. The second-order valence-corrected chi connectivity index (χ2v) is 7.25. The van der Waals surface area contributed by atoms with E-state index in [2.05, 4.69) is 48.7 Å². The highest BCUT2D eigenvalue weighted by Crippen LogP contribution is 2.26. The number of halogens is 1. The van der Waals surface area contributed by atoms with Crippen molar-refractivity contribution in [1.29, 1.82) is 0 Å². The molecule has 0 aliphatic heterocycles. The summed E-state index contributed by atoms with van der Waals surface area (Å²) in [5.74, 6) is 2.59. The molecule has 2 aromatic carbocycles. The van der Waals surface area contributed by atoms with Gasteiger partial charge in [-0.25, -0.2) is 4.98 Å². The normalized spacial score (nSPS) is 11.5. The molecule has 0 radical (unpaired) electrons. The molecule has 4 heteroatoms. The molecule has 0 fully saturated rings. The predicted molar refractivity (Wildman–Crippen MR) is 95.6 cm³/mol. The number of hydrogen-bond acceptors (Lipinski definition) is 2. The Morgan fingerprint density at radius 1 is 1.09 bits per heavy atom. The fourth-order valence-corrected chi connectivity index (χ4v) is 3.45. The Morgan fingerprint density at radius 3 is 2.55 bits per heavy atom. The topological polar surface area (TPSA) is 17.8 Å². The maximum atomic E-state index is 5.94. The number of imidazole rings is 1. The Balaban J connectivity index is 1.87. The average Bonchev–Trinajstić information content (AvgIpc) is 2.84. The number of fused-ring (bicyclic) bond motifs is 1. The van der Waals surface area contributed by atoms with Crippen molar-refractivity contribution in [2.45, 2.75) is 31.0 Å². The van der Waals surface area contributed by atoms with Crippen LogP contribution < -0.4 is 0 Å². The van der Waals surface area contributed by atoms with Gasteiger partial charge in [-0.15, -0.1) is 11.8 Å². The molecule has 0 spiro atoms. The number of hydrogen-bond donors (Lipinski definition) is 0. The number of para-hydroxylation sites is 2. The van der Waals surface area contributed by atoms with Gasteiger partial charge >= 0.3 is 0 Å². The van der Waals surface area contributed by atoms with Crippen molar-refractivity contribution in [2.75, 3.05) is 0 Å². The molecule has 0 atom stereocenters. The average molecular weight is 331 g/mol. The van der Waals surface area contributed by atoms with E-state index in [1.165, 1.54) is 10.4 Å². The van der Waals surface area contributed by atoms with Crippen molar-refractivity contribution < 1.29 is 0 Å². The Hall–Kier alpha value is -1.45. The summed E-state index contributed by atoms with van der Waals surface area (Å²) in [7, 11) is 0. The van der Waals surface area contributed by atoms with E-state index in [9.17, 15) is 0 Å². The van der Waals surface area contributed by atoms with Gasteiger partial charge in [0.1, 0.15) is 5.82 Å². The van der Waals surface area contributed by atoms with Crippen LogP contribution in [-0.2, 0) is 12.3 Å². The van der Waals surface area contributed by atoms with Crippen LogP contribution in [0.4, 0.5) is 0 Å². The third kappa shape index (κ3) is 3.47. The van der Waals surface area contributed by atoms with Gasteiger partial charge in [0.05, 0.1) is 16.8 Å². The van der Waals surface area contributed by atoms with E-state index in [1.54, 1.807) is 11.8 Å². The molecule has 22 heavy (non-hydrogen) atoms. The zero-order valence-corrected chi connectivity index (χ0v) is 14.4. The molecule has 0 aliphatic rings. The third-order valence-corrected chi connectivity index (χ3v) is 4.72. The monoisotopic (exact) mass is 330 g/mol. The standard InChI is InChI=1S/C18H19ClN2S/c1-13(2)11-21-17-6-4-3-5-16(17)20-18(21)12-22-15-9-7-14(19)8-10-15/h3-10,13H,11-12H2,1-2H3. The highest BCUT2D eigenvalue weighted by molar-refractivity contribution is 7.98. The number of benzene rings is 2. The van der Waals surface area contributed by atoms with Crippen molar-refractivity contribution in [1.82, 2.24) is 9.55 Å². The van der Waals surface area contributed by atoms with Crippen molar-refractivity contribution in [2.24, 2.45) is 5.92 Å². The van der Waals surface area contributed by atoms with Gasteiger partial charge in [0.2, 0.25) is 0 Å². The lowest BCUT2D eigenvalue weighted by Gasteiger charge is -2.11. The van der Waals surface area contributed by atoms with Crippen molar-refractivity contribution in [3.8, 4) is 0 Å². The van der Waals surface area contributed by atoms with E-state index in [4.69, 9.17) is 16.6 Å². The van der Waals surface area contributed by atoms with E-state index in [-0.39, 0.29) is 0 Å². The maximum Gasteiger partial charge on any atom is 0.120 e. The van der Waals surface area contributed by atoms with Crippen LogP contribution >= 0.6 is 23.4 Å². The van der Waals surface area contributed by atoms with E-state index in [0.29, 0.717) is 5.92 Å². The van der Waals surface area contributed by atoms with Crippen molar-refractivity contribution in [3.63, 3.8) is 0 Å². The summed E-state index contributed by atoms with van der Waals surface area (Å²) in [6.45, 7) is 5.48. The first-order valence-electron chi connectivity index (χ1n) is 7.46. The van der Waals surface area contributed by atoms with Crippen LogP contribution in [0, 0.1) is 5.92 Å². The summed E-state index contributed by atoms with van der Waals surface area (Å²) >= 11 is 7.74. The van der Waals surface area contributed by atoms with Gasteiger partial charge in [-0.2, -0.15) is 0 Å². The quantitative estimate of drug-likeness (QED) is 0.563. The fourth-order valence-electron chi connectivity index (χ4n) is 2.48. The summed E-state index contributed by atoms with van der Waals surface area (Å²) in [6, 6.07) is 16.3. The highest BCUT2D eigenvalue weighted by atomic mass is 35.5. The predicted octanol–water partition coefficient (Wildman–Crippen LogP) is 5.64. The van der Waals surface area contributed by atoms with E-state index < -0.39 is 0 Å². The third-order valence-electron chi connectivity index (χ3n) is 3.46. The lowest BCUT2D eigenvalue weighted by molar-refractivity contribution is 0.523. The molecule has 1 aromatic heterocycles. The molecular weight excluding hydrogens is 312 g/mol. The zero-order valence-electron chi connectivity index (χ0n) is 12.8. The lowest BCUT2D eigenvalue weighted by Crippen LogP contribution is -2.07. The molecule has 0 bridgehead atoms. The minimum absolute atomic E-state index is 0.594. The fraction of sp³-hybridized carbons (Fsp3) is 0.278. The Labute approximate surface area is 140 Å². The molecule has 2 nitrogen and oxygen atoms in total. The van der Waals surface area contributed by atoms with Crippen LogP contribution in [0.1, 0.15) is 19.7 Å². The Kier molecular flexibility index (Phi) is 4.74. The summed E-state index contributed by atoms with van der Waals surface area (Å²) in [6.07, 6.45) is 0. The van der Waals surface area contributed by atoms with E-state index in [0.717, 1.165) is 28.7 Å². The molecular formula is C18H19ClN2S. The summed E-state index contributed by atoms with van der Waals surface area (Å²) in [5, 5.41) is 0.774. The van der Waals surface area contributed by atoms with Gasteiger partial charge in [-0.1, -0.05) is 37.6 Å². The van der Waals surface area contributed by atoms with Gasteiger partial charge in [0, 0.05) is 16.5 Å². The summed E-state index contributed by atoms with van der Waals surface area (Å²) in [4.78, 5) is 6.03. The zero-order chi connectivity index (χ0) is 15.5. The first kappa shape index (κ1) is 15.4. The molecule has 1 heterocycles. The summed E-state index contributed by atoms with van der Waals surface area (Å²) in [5.41, 5.74) is 2.30. The van der Waals surface area contributed by atoms with Crippen LogP contribution in [0.3, 0.4) is 0 Å². The van der Waals surface area contributed by atoms with Gasteiger partial charge in [0.25, 0.3) is 0 Å². The summed E-state index contributed by atoms with van der Waals surface area (Å²) < 4.78 is 2.35. The Morgan fingerprint density at radius 2 is 1.82 bits per heavy atom. The smallest absolute Gasteiger partial charge is 0.120 e.